The Hall–Kier alpha value is -3.65. The molecule has 0 radical (unpaired) electrons. The molecule has 4 rings (SSSR count). The first-order valence-corrected chi connectivity index (χ1v) is 11.5. The number of rotatable bonds is 7. The molecule has 0 bridgehead atoms. The fourth-order valence-electron chi connectivity index (χ4n) is 3.58. The highest BCUT2D eigenvalue weighted by Gasteiger charge is 2.23. The van der Waals surface area contributed by atoms with E-state index in [0.717, 1.165) is 0 Å². The second-order valence-electron chi connectivity index (χ2n) is 7.24. The van der Waals surface area contributed by atoms with E-state index in [1.807, 2.05) is 0 Å². The molecule has 164 valence electrons. The summed E-state index contributed by atoms with van der Waals surface area (Å²) >= 11 is 0. The number of ether oxygens (including phenoxy) is 1. The van der Waals surface area contributed by atoms with Crippen molar-refractivity contribution in [1.29, 1.82) is 0 Å². The number of fused-ring (bicyclic) bond motifs is 1. The van der Waals surface area contributed by atoms with E-state index in [1.165, 1.54) is 31.5 Å². The molecule has 0 atom stereocenters. The number of carbonyl (C=O) groups excluding carboxylic acids is 1. The van der Waals surface area contributed by atoms with Gasteiger partial charge in [0, 0.05) is 22.7 Å². The number of carbonyl (C=O) groups is 1. The summed E-state index contributed by atoms with van der Waals surface area (Å²) in [5, 5.41) is 3.27. The van der Waals surface area contributed by atoms with Gasteiger partial charge in [0.05, 0.1) is 23.4 Å². The van der Waals surface area contributed by atoms with E-state index in [-0.39, 0.29) is 22.9 Å². The Balaban J connectivity index is 1.66. The summed E-state index contributed by atoms with van der Waals surface area (Å²) < 4.78 is 47.2. The number of halogens is 1. The van der Waals surface area contributed by atoms with E-state index in [0.29, 0.717) is 22.3 Å². The van der Waals surface area contributed by atoms with Crippen molar-refractivity contribution in [3.63, 3.8) is 0 Å². The molecular weight excluding hydrogens is 431 g/mol. The summed E-state index contributed by atoms with van der Waals surface area (Å²) in [6, 6.07) is 19.7. The number of amides is 1. The van der Waals surface area contributed by atoms with Gasteiger partial charge in [-0.25, -0.2) is 12.8 Å². The summed E-state index contributed by atoms with van der Waals surface area (Å²) in [6.07, 6.45) is 1.43. The van der Waals surface area contributed by atoms with Crippen molar-refractivity contribution in [2.75, 3.05) is 12.4 Å². The molecule has 4 aromatic rings. The van der Waals surface area contributed by atoms with E-state index in [4.69, 9.17) is 4.74 Å². The number of nitrogens with zero attached hydrogens (tertiary/aromatic N) is 1. The van der Waals surface area contributed by atoms with Crippen LogP contribution in [-0.4, -0.2) is 26.0 Å². The third-order valence-electron chi connectivity index (χ3n) is 5.09. The van der Waals surface area contributed by atoms with E-state index >= 15 is 0 Å². The predicted octanol–water partition coefficient (Wildman–Crippen LogP) is 4.40. The first kappa shape index (κ1) is 21.6. The van der Waals surface area contributed by atoms with Gasteiger partial charge in [0.25, 0.3) is 0 Å². The highest BCUT2D eigenvalue weighted by atomic mass is 32.2. The van der Waals surface area contributed by atoms with Gasteiger partial charge in [-0.3, -0.25) is 4.79 Å². The van der Waals surface area contributed by atoms with Crippen molar-refractivity contribution in [3.8, 4) is 5.75 Å². The SMILES string of the molecule is COc1ccccc1NC(=O)Cn1cc(S(=O)(=O)Cc2ccccc2F)c2ccccc21. The Morgan fingerprint density at radius 3 is 2.47 bits per heavy atom. The molecule has 1 heterocycles. The minimum atomic E-state index is -3.86. The van der Waals surface area contributed by atoms with Crippen molar-refractivity contribution >= 4 is 32.3 Å². The van der Waals surface area contributed by atoms with Crippen LogP contribution in [0.15, 0.2) is 83.9 Å². The minimum Gasteiger partial charge on any atom is -0.495 e. The van der Waals surface area contributed by atoms with Crippen molar-refractivity contribution < 1.29 is 22.3 Å². The maximum Gasteiger partial charge on any atom is 0.244 e. The normalized spacial score (nSPS) is 11.4. The minimum absolute atomic E-state index is 0.0569. The fourth-order valence-corrected chi connectivity index (χ4v) is 5.18. The Morgan fingerprint density at radius 2 is 1.69 bits per heavy atom. The smallest absolute Gasteiger partial charge is 0.244 e. The number of hydrogen-bond donors (Lipinski definition) is 1. The zero-order valence-corrected chi connectivity index (χ0v) is 18.1. The third kappa shape index (κ3) is 4.36. The number of para-hydroxylation sites is 3. The maximum atomic E-state index is 14.1. The molecule has 0 unspecified atom stereocenters. The fraction of sp³-hybridized carbons (Fsp3) is 0.125. The van der Waals surface area contributed by atoms with Gasteiger partial charge in [-0.15, -0.1) is 0 Å². The summed E-state index contributed by atoms with van der Waals surface area (Å²) in [6.45, 7) is -0.103. The number of aromatic nitrogens is 1. The van der Waals surface area contributed by atoms with Gasteiger partial charge in [0.15, 0.2) is 9.84 Å². The van der Waals surface area contributed by atoms with E-state index < -0.39 is 21.4 Å². The average Bonchev–Trinajstić information content (AvgIpc) is 3.15. The number of hydrogen-bond acceptors (Lipinski definition) is 4. The summed E-state index contributed by atoms with van der Waals surface area (Å²) in [7, 11) is -2.35. The molecule has 0 aliphatic carbocycles. The second kappa shape index (κ2) is 8.84. The van der Waals surface area contributed by atoms with Crippen molar-refractivity contribution in [1.82, 2.24) is 4.57 Å². The molecule has 0 saturated carbocycles. The zero-order chi connectivity index (χ0) is 22.7. The molecule has 0 saturated heterocycles. The Bertz CT molecular complexity index is 1400. The highest BCUT2D eigenvalue weighted by Crippen LogP contribution is 2.29. The molecule has 0 aliphatic heterocycles. The second-order valence-corrected chi connectivity index (χ2v) is 9.20. The van der Waals surface area contributed by atoms with Crippen LogP contribution in [0, 0.1) is 5.82 Å². The Kier molecular flexibility index (Phi) is 5.96. The molecule has 3 aromatic carbocycles. The van der Waals surface area contributed by atoms with Gasteiger partial charge in [-0.2, -0.15) is 0 Å². The van der Waals surface area contributed by atoms with Crippen LogP contribution in [0.2, 0.25) is 0 Å². The molecular formula is C24H21FN2O4S. The van der Waals surface area contributed by atoms with Crippen LogP contribution in [-0.2, 0) is 26.9 Å². The third-order valence-corrected chi connectivity index (χ3v) is 6.77. The number of anilines is 1. The topological polar surface area (TPSA) is 77.4 Å². The first-order valence-electron chi connectivity index (χ1n) is 9.86. The van der Waals surface area contributed by atoms with Gasteiger partial charge in [0.2, 0.25) is 5.91 Å². The highest BCUT2D eigenvalue weighted by molar-refractivity contribution is 7.90. The van der Waals surface area contributed by atoms with Crippen LogP contribution in [0.3, 0.4) is 0 Å². The lowest BCUT2D eigenvalue weighted by atomic mass is 10.2. The Labute approximate surface area is 185 Å². The quantitative estimate of drug-likeness (QED) is 0.451. The summed E-state index contributed by atoms with van der Waals surface area (Å²) in [5.74, 6) is -0.864. The molecule has 8 heteroatoms. The molecule has 1 N–H and O–H groups in total. The average molecular weight is 453 g/mol. The van der Waals surface area contributed by atoms with Crippen LogP contribution < -0.4 is 10.1 Å². The van der Waals surface area contributed by atoms with Gasteiger partial charge >= 0.3 is 0 Å². The van der Waals surface area contributed by atoms with E-state index in [9.17, 15) is 17.6 Å². The van der Waals surface area contributed by atoms with Crippen LogP contribution in [0.4, 0.5) is 10.1 Å². The maximum absolute atomic E-state index is 14.1. The lowest BCUT2D eigenvalue weighted by Gasteiger charge is -2.10. The lowest BCUT2D eigenvalue weighted by Crippen LogP contribution is -2.18. The molecule has 0 aliphatic rings. The standard InChI is InChI=1S/C24H21FN2O4S/c1-31-22-13-7-5-11-20(22)26-24(28)15-27-14-23(18-9-3-6-12-21(18)27)32(29,30)16-17-8-2-4-10-19(17)25/h2-14H,15-16H2,1H3,(H,26,28). The molecule has 6 nitrogen and oxygen atoms in total. The van der Waals surface area contributed by atoms with Gasteiger partial charge < -0.3 is 14.6 Å². The van der Waals surface area contributed by atoms with Crippen LogP contribution in [0.1, 0.15) is 5.56 Å². The number of sulfone groups is 1. The molecule has 1 aromatic heterocycles. The van der Waals surface area contributed by atoms with Crippen LogP contribution in [0.5, 0.6) is 5.75 Å². The van der Waals surface area contributed by atoms with Crippen molar-refractivity contribution in [2.45, 2.75) is 17.2 Å². The van der Waals surface area contributed by atoms with Gasteiger partial charge in [-0.1, -0.05) is 48.5 Å². The van der Waals surface area contributed by atoms with E-state index in [2.05, 4.69) is 5.32 Å². The molecule has 32 heavy (non-hydrogen) atoms. The summed E-state index contributed by atoms with van der Waals surface area (Å²) in [5.41, 5.74) is 1.21. The molecule has 1 amide bonds. The van der Waals surface area contributed by atoms with Gasteiger partial charge in [-0.05, 0) is 24.3 Å². The van der Waals surface area contributed by atoms with Crippen molar-refractivity contribution in [3.05, 3.63) is 90.4 Å². The first-order chi connectivity index (χ1) is 15.4. The Morgan fingerprint density at radius 1 is 1.00 bits per heavy atom. The largest absolute Gasteiger partial charge is 0.495 e. The lowest BCUT2D eigenvalue weighted by molar-refractivity contribution is -0.116. The van der Waals surface area contributed by atoms with Crippen molar-refractivity contribution in [2.24, 2.45) is 0 Å². The van der Waals surface area contributed by atoms with Crippen LogP contribution in [0.25, 0.3) is 10.9 Å². The predicted molar refractivity (Wildman–Crippen MR) is 121 cm³/mol. The summed E-state index contributed by atoms with van der Waals surface area (Å²) in [4.78, 5) is 12.8. The number of benzene rings is 3. The van der Waals surface area contributed by atoms with Crippen LogP contribution >= 0.6 is 0 Å². The number of nitrogens with one attached hydrogen (secondary N) is 1. The molecule has 0 spiro atoms. The van der Waals surface area contributed by atoms with Gasteiger partial charge in [0.1, 0.15) is 18.1 Å². The zero-order valence-electron chi connectivity index (χ0n) is 17.3. The molecule has 0 fully saturated rings. The van der Waals surface area contributed by atoms with E-state index in [1.54, 1.807) is 59.2 Å². The monoisotopic (exact) mass is 452 g/mol. The number of methoxy groups -OCH3 is 1.